The smallest absolute Gasteiger partial charge is 0.341 e. The molecule has 2 aromatic heterocycles. The number of hydrogen-bond acceptors (Lipinski definition) is 18. The van der Waals surface area contributed by atoms with Gasteiger partial charge in [0.1, 0.15) is 42.9 Å². The van der Waals surface area contributed by atoms with E-state index in [0.717, 1.165) is 19.4 Å². The van der Waals surface area contributed by atoms with Gasteiger partial charge in [0.15, 0.2) is 28.7 Å². The van der Waals surface area contributed by atoms with Gasteiger partial charge in [-0.3, -0.25) is 14.6 Å². The zero-order chi connectivity index (χ0) is 31.0. The molecular formula is C20H26N6O14S2-2. The van der Waals surface area contributed by atoms with Crippen LogP contribution < -0.4 is 19.4 Å². The highest BCUT2D eigenvalue weighted by Crippen LogP contribution is 2.26. The lowest BCUT2D eigenvalue weighted by atomic mass is 9.99. The molecular weight excluding hydrogens is 612 g/mol. The molecule has 1 aliphatic heterocycles. The molecule has 0 amide bonds. The summed E-state index contributed by atoms with van der Waals surface area (Å²) in [6.45, 7) is -0.596. The van der Waals surface area contributed by atoms with E-state index < -0.39 is 78.2 Å². The van der Waals surface area contributed by atoms with Gasteiger partial charge in [0.2, 0.25) is 0 Å². The Morgan fingerprint density at radius 2 is 1.64 bits per heavy atom. The Morgan fingerprint density at radius 3 is 2.12 bits per heavy atom. The van der Waals surface area contributed by atoms with Gasteiger partial charge in [0, 0.05) is 13.1 Å². The van der Waals surface area contributed by atoms with Gasteiger partial charge >= 0.3 is 15.6 Å². The van der Waals surface area contributed by atoms with Crippen molar-refractivity contribution in [3.05, 3.63) is 42.8 Å². The number of carbonyl (C=O) groups is 1. The van der Waals surface area contributed by atoms with Crippen LogP contribution in [-0.4, -0.2) is 116 Å². The maximum Gasteiger partial charge on any atom is 0.341 e. The first-order valence-corrected chi connectivity index (χ1v) is 13.4. The van der Waals surface area contributed by atoms with Gasteiger partial charge in [-0.1, -0.05) is 0 Å². The van der Waals surface area contributed by atoms with Gasteiger partial charge in [-0.2, -0.15) is 0 Å². The lowest BCUT2D eigenvalue weighted by Gasteiger charge is -2.42. The van der Waals surface area contributed by atoms with Gasteiger partial charge in [-0.25, -0.2) is 20.0 Å². The predicted molar refractivity (Wildman–Crippen MR) is 144 cm³/mol. The van der Waals surface area contributed by atoms with E-state index in [4.69, 9.17) is 18.9 Å². The van der Waals surface area contributed by atoms with Crippen LogP contribution in [0.5, 0.6) is 0 Å². The Morgan fingerprint density at radius 1 is 1.07 bits per heavy atom. The molecule has 1 aliphatic rings. The maximum absolute atomic E-state index is 11.5. The second-order valence-electron chi connectivity index (χ2n) is 8.27. The fourth-order valence-electron chi connectivity index (χ4n) is 3.46. The topological polar surface area (TPSA) is 310 Å². The molecule has 0 aromatic carbocycles. The summed E-state index contributed by atoms with van der Waals surface area (Å²) >= 11 is 1.32. The Balaban J connectivity index is 1.87. The minimum atomic E-state index is -1.82. The van der Waals surface area contributed by atoms with E-state index in [9.17, 15) is 51.2 Å². The molecule has 3 heterocycles. The number of aliphatic hydroxyl groups is 5. The minimum Gasteiger partial charge on any atom is -0.711 e. The normalized spacial score (nSPS) is 25.0. The van der Waals surface area contributed by atoms with E-state index in [1.54, 1.807) is 0 Å². The number of rotatable bonds is 12. The van der Waals surface area contributed by atoms with Crippen molar-refractivity contribution in [2.45, 2.75) is 56.1 Å². The average Bonchev–Trinajstić information content (AvgIpc) is 3.62. The van der Waals surface area contributed by atoms with Crippen LogP contribution in [0.1, 0.15) is 6.92 Å². The van der Waals surface area contributed by atoms with E-state index in [2.05, 4.69) is 20.0 Å². The third-order valence-corrected chi connectivity index (χ3v) is 7.11. The summed E-state index contributed by atoms with van der Waals surface area (Å²) in [4.78, 5) is 22.2. The Hall–Kier alpha value is -3.45. The number of hydrogen-bond donors (Lipinski definition) is 7. The molecule has 0 spiro atoms. The van der Waals surface area contributed by atoms with Crippen LogP contribution in [0, 0.1) is 20.8 Å². The molecule has 1 saturated heterocycles. The fraction of sp³-hybridized carbons (Fsp3) is 0.550. The van der Waals surface area contributed by atoms with Gasteiger partial charge in [0.05, 0.1) is 19.4 Å². The number of aliphatic imine (C=N–C) groups is 2. The number of carbonyl (C=O) groups excluding carboxylic acids is 1. The van der Waals surface area contributed by atoms with E-state index in [1.165, 1.54) is 12.4 Å². The van der Waals surface area contributed by atoms with E-state index in [1.807, 2.05) is 0 Å². The third-order valence-electron chi connectivity index (χ3n) is 5.33. The number of thiazole rings is 2. The first kappa shape index (κ1) is 33.1. The Kier molecular flexibility index (Phi) is 11.9. The summed E-state index contributed by atoms with van der Waals surface area (Å²) in [5.41, 5.74) is 0. The number of aromatic amines is 2. The predicted octanol–water partition coefficient (Wildman–Crippen LogP) is -3.44. The number of aliphatic hydroxyl groups excluding tert-OH is 5. The fourth-order valence-corrected chi connectivity index (χ4v) is 4.71. The lowest BCUT2D eigenvalue weighted by molar-refractivity contribution is -0.315. The molecule has 0 bridgehead atoms. The molecule has 0 radical (unpaired) electrons. The van der Waals surface area contributed by atoms with Crippen molar-refractivity contribution in [2.75, 3.05) is 13.2 Å². The molecule has 42 heavy (non-hydrogen) atoms. The zero-order valence-electron chi connectivity index (χ0n) is 21.4. The highest BCUT2D eigenvalue weighted by Gasteiger charge is 2.48. The number of nitrogens with one attached hydrogen (secondary N) is 2. The molecule has 8 atom stereocenters. The van der Waals surface area contributed by atoms with Gasteiger partial charge in [0.25, 0.3) is 0 Å². The SMILES string of the molecule is CC(=O)OC1C(O)C(CO)OC(OC(C=Nc2c[nH]c(=[N+]([O-])[O-])s2)C(CO)OC(O)C=Nc2c[nH]c(=[N+]([O-])[O-])s2)C1O. The zero-order valence-corrected chi connectivity index (χ0v) is 23.0. The van der Waals surface area contributed by atoms with Crippen LogP contribution >= 0.6 is 22.7 Å². The first-order valence-electron chi connectivity index (χ1n) is 11.7. The van der Waals surface area contributed by atoms with Gasteiger partial charge in [-0.15, -0.1) is 0 Å². The molecule has 22 heteroatoms. The summed E-state index contributed by atoms with van der Waals surface area (Å²) in [6, 6.07) is 0. The first-order chi connectivity index (χ1) is 19.9. The Labute approximate surface area is 242 Å². The molecule has 7 N–H and O–H groups in total. The second-order valence-corrected chi connectivity index (χ2v) is 10.3. The van der Waals surface area contributed by atoms with Gasteiger partial charge in [-0.05, 0) is 22.7 Å². The largest absolute Gasteiger partial charge is 0.711 e. The van der Waals surface area contributed by atoms with E-state index in [-0.39, 0.29) is 19.6 Å². The number of ether oxygens (including phenoxy) is 4. The number of aromatic nitrogens is 2. The van der Waals surface area contributed by atoms with Crippen molar-refractivity contribution < 1.29 is 49.3 Å². The maximum atomic E-state index is 11.5. The quantitative estimate of drug-likeness (QED) is 0.0515. The summed E-state index contributed by atoms with van der Waals surface area (Å²) in [5.74, 6) is -0.864. The van der Waals surface area contributed by atoms with E-state index in [0.29, 0.717) is 22.7 Å². The summed E-state index contributed by atoms with van der Waals surface area (Å²) in [5, 5.41) is 94.8. The summed E-state index contributed by atoms with van der Waals surface area (Å²) in [7, 11) is 0. The highest BCUT2D eigenvalue weighted by molar-refractivity contribution is 7.13. The lowest BCUT2D eigenvalue weighted by Crippen LogP contribution is -2.61. The van der Waals surface area contributed by atoms with Crippen LogP contribution in [0.2, 0.25) is 0 Å². The molecule has 8 unspecified atom stereocenters. The van der Waals surface area contributed by atoms with E-state index >= 15 is 0 Å². The second kappa shape index (κ2) is 15.1. The Bertz CT molecular complexity index is 1360. The van der Waals surface area contributed by atoms with Crippen molar-refractivity contribution in [2.24, 2.45) is 9.98 Å². The molecule has 0 saturated carbocycles. The van der Waals surface area contributed by atoms with Crippen LogP contribution in [0.4, 0.5) is 10.0 Å². The molecule has 0 aliphatic carbocycles. The van der Waals surface area contributed by atoms with Crippen molar-refractivity contribution in [1.29, 1.82) is 0 Å². The number of H-pyrrole nitrogens is 2. The molecule has 20 nitrogen and oxygen atoms in total. The van der Waals surface area contributed by atoms with Crippen LogP contribution in [-0.2, 0) is 23.7 Å². The standard InChI is InChI=1S/C20H26N6O14S2/c1-8(29)37-17-15(31)11(7-28)40-18(16(17)32)39-9(2-21-12-3-23-19(41-12)25(33)34)10(6-27)38-14(30)5-22-13-4-24-20(42-13)26(35)36/h2-5,9-11,14-18,23-24,27-28,30-32H,6-7H2,1H3/q-2. The van der Waals surface area contributed by atoms with Crippen molar-refractivity contribution in [3.8, 4) is 0 Å². The monoisotopic (exact) mass is 638 g/mol. The molecule has 3 rings (SSSR count). The van der Waals surface area contributed by atoms with Gasteiger partial charge < -0.3 is 65.3 Å². The summed E-state index contributed by atoms with van der Waals surface area (Å²) < 4.78 is 21.5. The summed E-state index contributed by atoms with van der Waals surface area (Å²) in [6.07, 6.45) is -8.69. The molecule has 234 valence electrons. The van der Waals surface area contributed by atoms with Crippen LogP contribution in [0.15, 0.2) is 22.4 Å². The van der Waals surface area contributed by atoms with Crippen molar-refractivity contribution in [3.63, 3.8) is 0 Å². The van der Waals surface area contributed by atoms with Crippen LogP contribution in [0.3, 0.4) is 0 Å². The molecule has 2 aromatic rings. The van der Waals surface area contributed by atoms with Crippen molar-refractivity contribution >= 4 is 51.1 Å². The highest BCUT2D eigenvalue weighted by atomic mass is 32.1. The average molecular weight is 639 g/mol. The molecule has 1 fully saturated rings. The number of esters is 1. The number of nitrogens with zero attached hydrogens (tertiary/aromatic N) is 4. The van der Waals surface area contributed by atoms with Crippen LogP contribution in [0.25, 0.3) is 0 Å². The minimum absolute atomic E-state index is 0.0798. The third kappa shape index (κ3) is 8.78. The van der Waals surface area contributed by atoms with Crippen molar-refractivity contribution in [1.82, 2.24) is 19.8 Å².